The van der Waals surface area contributed by atoms with Gasteiger partial charge in [0.25, 0.3) is 0 Å². The number of carbonyl (C=O) groups excluding carboxylic acids is 2. The Morgan fingerprint density at radius 3 is 2.59 bits per heavy atom. The molecule has 0 amide bonds. The zero-order chi connectivity index (χ0) is 15.5. The highest BCUT2D eigenvalue weighted by Crippen LogP contribution is 2.65. The van der Waals surface area contributed by atoms with Gasteiger partial charge in [-0.1, -0.05) is 26.7 Å². The van der Waals surface area contributed by atoms with E-state index >= 15 is 0 Å². The van der Waals surface area contributed by atoms with Crippen LogP contribution in [0.3, 0.4) is 0 Å². The molecule has 2 heteroatoms. The van der Waals surface area contributed by atoms with Crippen LogP contribution in [0.4, 0.5) is 0 Å². The molecule has 4 fully saturated rings. The summed E-state index contributed by atoms with van der Waals surface area (Å²) in [5.74, 6) is 2.88. The second kappa shape index (κ2) is 4.92. The smallest absolute Gasteiger partial charge is 0.149 e. The second-order valence-corrected chi connectivity index (χ2v) is 9.20. The Hall–Kier alpha value is -0.660. The van der Waals surface area contributed by atoms with Crippen LogP contribution < -0.4 is 0 Å². The van der Waals surface area contributed by atoms with Crippen molar-refractivity contribution in [2.75, 3.05) is 0 Å². The molecule has 2 nitrogen and oxygen atoms in total. The summed E-state index contributed by atoms with van der Waals surface area (Å²) in [6.45, 7) is 4.74. The van der Waals surface area contributed by atoms with Gasteiger partial charge in [-0.15, -0.1) is 0 Å². The van der Waals surface area contributed by atoms with Gasteiger partial charge in [-0.3, -0.25) is 4.79 Å². The van der Waals surface area contributed by atoms with E-state index in [1.54, 1.807) is 0 Å². The molecule has 22 heavy (non-hydrogen) atoms. The normalized spacial score (nSPS) is 54.3. The SMILES string of the molecule is C[C@]12CCCC[C@@H]1CC[C@@H]1[C@@H]2CC[C@]2(C)C(=O)C(C=O)C[C@@H]12. The number of rotatable bonds is 1. The largest absolute Gasteiger partial charge is 0.303 e. The summed E-state index contributed by atoms with van der Waals surface area (Å²) in [6.07, 6.45) is 12.4. The predicted octanol–water partition coefficient (Wildman–Crippen LogP) is 4.41. The maximum absolute atomic E-state index is 12.7. The average molecular weight is 302 g/mol. The van der Waals surface area contributed by atoms with Gasteiger partial charge < -0.3 is 4.79 Å². The summed E-state index contributed by atoms with van der Waals surface area (Å²) in [4.78, 5) is 24.0. The average Bonchev–Trinajstić information content (AvgIpc) is 2.78. The van der Waals surface area contributed by atoms with Crippen molar-refractivity contribution in [2.24, 2.45) is 40.4 Å². The third-order valence-electron chi connectivity index (χ3n) is 8.54. The first-order valence-corrected chi connectivity index (χ1v) is 9.50. The lowest BCUT2D eigenvalue weighted by Gasteiger charge is -2.59. The predicted molar refractivity (Wildman–Crippen MR) is 86.3 cm³/mol. The fraction of sp³-hybridized carbons (Fsp3) is 0.900. The van der Waals surface area contributed by atoms with Crippen LogP contribution in [0.2, 0.25) is 0 Å². The van der Waals surface area contributed by atoms with E-state index < -0.39 is 0 Å². The Morgan fingerprint density at radius 1 is 1.00 bits per heavy atom. The molecule has 0 aliphatic heterocycles. The van der Waals surface area contributed by atoms with Gasteiger partial charge in [0.1, 0.15) is 12.1 Å². The van der Waals surface area contributed by atoms with Crippen LogP contribution in [0, 0.1) is 40.4 Å². The number of carbonyl (C=O) groups is 2. The summed E-state index contributed by atoms with van der Waals surface area (Å²) in [5.41, 5.74) is 0.329. The maximum atomic E-state index is 12.7. The lowest BCUT2D eigenvalue weighted by atomic mass is 9.45. The topological polar surface area (TPSA) is 34.1 Å². The fourth-order valence-corrected chi connectivity index (χ4v) is 7.28. The van der Waals surface area contributed by atoms with Crippen LogP contribution >= 0.6 is 0 Å². The number of Topliss-reactive ketones (excluding diaryl/α,β-unsaturated/α-hetero) is 1. The summed E-state index contributed by atoms with van der Waals surface area (Å²) in [7, 11) is 0. The monoisotopic (exact) mass is 302 g/mol. The molecule has 0 aromatic rings. The van der Waals surface area contributed by atoms with Gasteiger partial charge in [0.2, 0.25) is 0 Å². The van der Waals surface area contributed by atoms with Gasteiger partial charge >= 0.3 is 0 Å². The van der Waals surface area contributed by atoms with Gasteiger partial charge in [-0.2, -0.15) is 0 Å². The number of hydrogen-bond donors (Lipinski definition) is 0. The van der Waals surface area contributed by atoms with Crippen molar-refractivity contribution in [3.8, 4) is 0 Å². The Morgan fingerprint density at radius 2 is 1.82 bits per heavy atom. The Kier molecular flexibility index (Phi) is 3.33. The van der Waals surface area contributed by atoms with Crippen molar-refractivity contribution in [3.63, 3.8) is 0 Å². The Bertz CT molecular complexity index is 498. The van der Waals surface area contributed by atoms with Gasteiger partial charge in [-0.05, 0) is 74.0 Å². The molecule has 0 bridgehead atoms. The molecular formula is C20H30O2. The summed E-state index contributed by atoms with van der Waals surface area (Å²) in [6, 6.07) is 0. The van der Waals surface area contributed by atoms with Crippen molar-refractivity contribution in [1.82, 2.24) is 0 Å². The number of ketones is 1. The van der Waals surface area contributed by atoms with Crippen molar-refractivity contribution in [1.29, 1.82) is 0 Å². The van der Waals surface area contributed by atoms with Crippen LogP contribution in [-0.2, 0) is 9.59 Å². The molecule has 0 heterocycles. The van der Waals surface area contributed by atoms with Crippen LogP contribution in [-0.4, -0.2) is 12.1 Å². The molecule has 0 aromatic heterocycles. The van der Waals surface area contributed by atoms with E-state index in [1.807, 2.05) is 0 Å². The van der Waals surface area contributed by atoms with E-state index in [4.69, 9.17) is 0 Å². The molecule has 4 aliphatic carbocycles. The van der Waals surface area contributed by atoms with Crippen molar-refractivity contribution < 1.29 is 9.59 Å². The number of hydrogen-bond acceptors (Lipinski definition) is 2. The third kappa shape index (κ3) is 1.79. The van der Waals surface area contributed by atoms with Gasteiger partial charge in [0, 0.05) is 5.41 Å². The van der Waals surface area contributed by atoms with E-state index in [1.165, 1.54) is 44.9 Å². The highest BCUT2D eigenvalue weighted by Gasteiger charge is 2.61. The lowest BCUT2D eigenvalue weighted by Crippen LogP contribution is -2.52. The summed E-state index contributed by atoms with van der Waals surface area (Å²) >= 11 is 0. The molecule has 0 radical (unpaired) electrons. The summed E-state index contributed by atoms with van der Waals surface area (Å²) < 4.78 is 0. The molecule has 0 spiro atoms. The molecule has 7 atom stereocenters. The fourth-order valence-electron chi connectivity index (χ4n) is 7.28. The van der Waals surface area contributed by atoms with E-state index in [0.717, 1.165) is 31.0 Å². The second-order valence-electron chi connectivity index (χ2n) is 9.20. The van der Waals surface area contributed by atoms with Crippen LogP contribution in [0.25, 0.3) is 0 Å². The van der Waals surface area contributed by atoms with Crippen LogP contribution in [0.5, 0.6) is 0 Å². The standard InChI is InChI=1S/C20H30O2/c1-19-9-4-3-5-14(19)6-7-15-16(19)8-10-20(2)17(15)11-13(12-21)18(20)22/h12-17H,3-11H2,1-2H3/t13?,14-,15-,16+,17+,19+,20+/m1/s1. The number of fused-ring (bicyclic) bond motifs is 5. The van der Waals surface area contributed by atoms with Crippen LogP contribution in [0.1, 0.15) is 71.6 Å². The Labute approximate surface area is 134 Å². The highest BCUT2D eigenvalue weighted by molar-refractivity contribution is 5.99. The van der Waals surface area contributed by atoms with Crippen molar-refractivity contribution in [3.05, 3.63) is 0 Å². The van der Waals surface area contributed by atoms with E-state index in [0.29, 0.717) is 17.3 Å². The minimum absolute atomic E-state index is 0.190. The first-order chi connectivity index (χ1) is 10.5. The first kappa shape index (κ1) is 14.9. The van der Waals surface area contributed by atoms with Crippen molar-refractivity contribution >= 4 is 12.1 Å². The Balaban J connectivity index is 1.66. The van der Waals surface area contributed by atoms with Gasteiger partial charge in [0.15, 0.2) is 0 Å². The molecule has 4 saturated carbocycles. The van der Waals surface area contributed by atoms with E-state index in [2.05, 4.69) is 13.8 Å². The quantitative estimate of drug-likeness (QED) is 0.531. The lowest BCUT2D eigenvalue weighted by molar-refractivity contribution is -0.140. The molecule has 0 N–H and O–H groups in total. The molecule has 4 rings (SSSR count). The van der Waals surface area contributed by atoms with E-state index in [9.17, 15) is 9.59 Å². The van der Waals surface area contributed by atoms with Crippen molar-refractivity contribution in [2.45, 2.75) is 71.6 Å². The van der Waals surface area contributed by atoms with E-state index in [-0.39, 0.29) is 17.1 Å². The molecule has 122 valence electrons. The molecule has 1 unspecified atom stereocenters. The first-order valence-electron chi connectivity index (χ1n) is 9.50. The molecule has 0 saturated heterocycles. The highest BCUT2D eigenvalue weighted by atomic mass is 16.1. The third-order valence-corrected chi connectivity index (χ3v) is 8.54. The zero-order valence-electron chi connectivity index (χ0n) is 14.1. The molecular weight excluding hydrogens is 272 g/mol. The van der Waals surface area contributed by atoms with Gasteiger partial charge in [-0.25, -0.2) is 0 Å². The van der Waals surface area contributed by atoms with Gasteiger partial charge in [0.05, 0.1) is 5.92 Å². The number of aldehydes is 1. The minimum atomic E-state index is -0.300. The zero-order valence-corrected chi connectivity index (χ0v) is 14.1. The summed E-state index contributed by atoms with van der Waals surface area (Å²) in [5, 5.41) is 0. The van der Waals surface area contributed by atoms with Crippen LogP contribution in [0.15, 0.2) is 0 Å². The minimum Gasteiger partial charge on any atom is -0.303 e. The maximum Gasteiger partial charge on any atom is 0.149 e. The molecule has 4 aliphatic rings. The molecule has 0 aromatic carbocycles.